The number of hydrogen-bond acceptors (Lipinski definition) is 7. The Bertz CT molecular complexity index is 1320. The highest BCUT2D eigenvalue weighted by Crippen LogP contribution is 2.34. The molecule has 2 aromatic heterocycles. The van der Waals surface area contributed by atoms with Gasteiger partial charge in [0.05, 0.1) is 23.4 Å². The molecule has 0 unspecified atom stereocenters. The second-order valence-corrected chi connectivity index (χ2v) is 9.49. The standard InChI is InChI=1S/C25H25N3O4S/c29-24(15-31-17-6-8-22-19(14-17)18-3-1-2-4-21(18)32-22)26-16-5-7-20-23(13-16)33-25(27-20)28-9-11-30-12-10-28/h5-8,13-14H,1-4,9-12,15H2,(H,26,29). The first-order valence-electron chi connectivity index (χ1n) is 11.4. The number of nitrogens with one attached hydrogen (secondary N) is 1. The van der Waals surface area contributed by atoms with Gasteiger partial charge in [-0.2, -0.15) is 0 Å². The maximum absolute atomic E-state index is 12.5. The monoisotopic (exact) mass is 463 g/mol. The Labute approximate surface area is 195 Å². The van der Waals surface area contributed by atoms with Gasteiger partial charge in [-0.15, -0.1) is 0 Å². The number of fused-ring (bicyclic) bond motifs is 4. The molecule has 2 aromatic carbocycles. The van der Waals surface area contributed by atoms with Gasteiger partial charge in [-0.25, -0.2) is 4.98 Å². The Morgan fingerprint density at radius 3 is 2.91 bits per heavy atom. The number of carbonyl (C=O) groups excluding carboxylic acids is 1. The molecule has 33 heavy (non-hydrogen) atoms. The largest absolute Gasteiger partial charge is 0.484 e. The number of aryl methyl sites for hydroxylation is 2. The fourth-order valence-corrected chi connectivity index (χ4v) is 5.61. The lowest BCUT2D eigenvalue weighted by atomic mass is 9.96. The van der Waals surface area contributed by atoms with Crippen LogP contribution in [0.15, 0.2) is 40.8 Å². The lowest BCUT2D eigenvalue weighted by molar-refractivity contribution is -0.118. The highest BCUT2D eigenvalue weighted by atomic mass is 32.1. The third-order valence-electron chi connectivity index (χ3n) is 6.24. The van der Waals surface area contributed by atoms with Crippen molar-refractivity contribution in [3.05, 3.63) is 47.7 Å². The van der Waals surface area contributed by atoms with Crippen LogP contribution in [0, 0.1) is 0 Å². The van der Waals surface area contributed by atoms with Crippen LogP contribution < -0.4 is 15.0 Å². The van der Waals surface area contributed by atoms with Gasteiger partial charge in [0.1, 0.15) is 17.1 Å². The normalized spacial score (nSPS) is 16.2. The maximum atomic E-state index is 12.5. The molecule has 1 aliphatic carbocycles. The van der Waals surface area contributed by atoms with Crippen molar-refractivity contribution in [2.45, 2.75) is 25.7 Å². The van der Waals surface area contributed by atoms with Crippen molar-refractivity contribution in [2.24, 2.45) is 0 Å². The molecule has 4 aromatic rings. The number of thiazole rings is 1. The van der Waals surface area contributed by atoms with Crippen molar-refractivity contribution in [2.75, 3.05) is 43.1 Å². The third-order valence-corrected chi connectivity index (χ3v) is 7.32. The summed E-state index contributed by atoms with van der Waals surface area (Å²) in [6.45, 7) is 3.12. The van der Waals surface area contributed by atoms with E-state index in [-0.39, 0.29) is 12.5 Å². The predicted molar refractivity (Wildman–Crippen MR) is 130 cm³/mol. The van der Waals surface area contributed by atoms with Crippen LogP contribution in [0.4, 0.5) is 10.8 Å². The Morgan fingerprint density at radius 2 is 2.00 bits per heavy atom. The van der Waals surface area contributed by atoms with E-state index >= 15 is 0 Å². The summed E-state index contributed by atoms with van der Waals surface area (Å²) < 4.78 is 18.2. The summed E-state index contributed by atoms with van der Waals surface area (Å²) in [7, 11) is 0. The minimum atomic E-state index is -0.193. The van der Waals surface area contributed by atoms with Gasteiger partial charge in [-0.05, 0) is 55.7 Å². The molecular formula is C25H25N3O4S. The molecule has 8 heteroatoms. The number of morpholine rings is 1. The average molecular weight is 464 g/mol. The Balaban J connectivity index is 1.11. The fourth-order valence-electron chi connectivity index (χ4n) is 4.56. The van der Waals surface area contributed by atoms with Gasteiger partial charge in [-0.3, -0.25) is 4.79 Å². The molecule has 1 amide bonds. The van der Waals surface area contributed by atoms with Crippen LogP contribution in [-0.4, -0.2) is 43.8 Å². The zero-order valence-corrected chi connectivity index (χ0v) is 19.1. The van der Waals surface area contributed by atoms with Gasteiger partial charge in [-0.1, -0.05) is 11.3 Å². The molecule has 170 valence electrons. The summed E-state index contributed by atoms with van der Waals surface area (Å²) in [5.74, 6) is 1.59. The topological polar surface area (TPSA) is 76.8 Å². The van der Waals surface area contributed by atoms with E-state index in [1.807, 2.05) is 36.4 Å². The van der Waals surface area contributed by atoms with E-state index in [2.05, 4.69) is 10.2 Å². The van der Waals surface area contributed by atoms with Crippen LogP contribution in [0.25, 0.3) is 21.2 Å². The quantitative estimate of drug-likeness (QED) is 0.459. The van der Waals surface area contributed by atoms with Crippen molar-refractivity contribution >= 4 is 49.2 Å². The molecule has 0 atom stereocenters. The van der Waals surface area contributed by atoms with Crippen molar-refractivity contribution in [1.82, 2.24) is 4.98 Å². The summed E-state index contributed by atoms with van der Waals surface area (Å²) in [6.07, 6.45) is 4.41. The van der Waals surface area contributed by atoms with Gasteiger partial charge in [0.15, 0.2) is 11.7 Å². The van der Waals surface area contributed by atoms with E-state index in [0.29, 0.717) is 5.75 Å². The van der Waals surface area contributed by atoms with Gasteiger partial charge < -0.3 is 24.1 Å². The van der Waals surface area contributed by atoms with Crippen LogP contribution in [-0.2, 0) is 22.4 Å². The number of ether oxygens (including phenoxy) is 2. The van der Waals surface area contributed by atoms with Gasteiger partial charge >= 0.3 is 0 Å². The van der Waals surface area contributed by atoms with Crippen LogP contribution in [0.3, 0.4) is 0 Å². The highest BCUT2D eigenvalue weighted by molar-refractivity contribution is 7.22. The fraction of sp³-hybridized carbons (Fsp3) is 0.360. The molecule has 6 rings (SSSR count). The molecule has 7 nitrogen and oxygen atoms in total. The second kappa shape index (κ2) is 8.68. The first-order chi connectivity index (χ1) is 16.2. The molecule has 0 radical (unpaired) electrons. The number of nitrogens with zero attached hydrogens (tertiary/aromatic N) is 2. The second-order valence-electron chi connectivity index (χ2n) is 8.48. The van der Waals surface area contributed by atoms with Gasteiger partial charge in [0.25, 0.3) is 5.91 Å². The van der Waals surface area contributed by atoms with Crippen molar-refractivity contribution in [3.63, 3.8) is 0 Å². The number of benzene rings is 2. The number of rotatable bonds is 5. The number of amides is 1. The third kappa shape index (κ3) is 4.16. The number of aromatic nitrogens is 1. The molecule has 1 saturated heterocycles. The van der Waals surface area contributed by atoms with Crippen LogP contribution in [0.2, 0.25) is 0 Å². The molecule has 0 saturated carbocycles. The lowest BCUT2D eigenvalue weighted by Gasteiger charge is -2.25. The molecular weight excluding hydrogens is 438 g/mol. The Hall–Kier alpha value is -3.10. The number of carbonyl (C=O) groups is 1. The minimum absolute atomic E-state index is 0.0503. The summed E-state index contributed by atoms with van der Waals surface area (Å²) >= 11 is 1.64. The van der Waals surface area contributed by atoms with E-state index < -0.39 is 0 Å². The predicted octanol–water partition coefficient (Wildman–Crippen LogP) is 4.78. The van der Waals surface area contributed by atoms with E-state index in [4.69, 9.17) is 18.9 Å². The van der Waals surface area contributed by atoms with Crippen LogP contribution in [0.1, 0.15) is 24.2 Å². The van der Waals surface area contributed by atoms with Gasteiger partial charge in [0.2, 0.25) is 0 Å². The van der Waals surface area contributed by atoms with Gasteiger partial charge in [0, 0.05) is 36.1 Å². The molecule has 1 N–H and O–H groups in total. The Kier molecular flexibility index (Phi) is 5.39. The zero-order chi connectivity index (χ0) is 22.2. The summed E-state index contributed by atoms with van der Waals surface area (Å²) in [5, 5.41) is 5.04. The first kappa shape index (κ1) is 20.5. The average Bonchev–Trinajstić information content (AvgIpc) is 3.44. The van der Waals surface area contributed by atoms with Crippen molar-refractivity contribution in [1.29, 1.82) is 0 Å². The summed E-state index contributed by atoms with van der Waals surface area (Å²) in [4.78, 5) is 19.5. The first-order valence-corrected chi connectivity index (χ1v) is 12.2. The van der Waals surface area contributed by atoms with Crippen LogP contribution in [0.5, 0.6) is 5.75 Å². The molecule has 1 fully saturated rings. The zero-order valence-electron chi connectivity index (χ0n) is 18.3. The van der Waals surface area contributed by atoms with E-state index in [0.717, 1.165) is 76.9 Å². The maximum Gasteiger partial charge on any atom is 0.262 e. The molecule has 0 spiro atoms. The molecule has 2 aliphatic rings. The van der Waals surface area contributed by atoms with E-state index in [1.54, 1.807) is 11.3 Å². The van der Waals surface area contributed by atoms with Crippen molar-refractivity contribution in [3.8, 4) is 5.75 Å². The van der Waals surface area contributed by atoms with E-state index in [1.165, 1.54) is 18.4 Å². The number of anilines is 2. The molecule has 3 heterocycles. The SMILES string of the molecule is O=C(COc1ccc2oc3c(c2c1)CCCC3)Nc1ccc2nc(N3CCOCC3)sc2c1. The van der Waals surface area contributed by atoms with Crippen LogP contribution >= 0.6 is 11.3 Å². The number of furan rings is 1. The summed E-state index contributed by atoms with van der Waals surface area (Å²) in [5.41, 5.74) is 3.87. The number of hydrogen-bond donors (Lipinski definition) is 1. The highest BCUT2D eigenvalue weighted by Gasteiger charge is 2.19. The van der Waals surface area contributed by atoms with Crippen molar-refractivity contribution < 1.29 is 18.7 Å². The van der Waals surface area contributed by atoms with E-state index in [9.17, 15) is 4.79 Å². The Morgan fingerprint density at radius 1 is 1.12 bits per heavy atom. The molecule has 1 aliphatic heterocycles. The smallest absolute Gasteiger partial charge is 0.262 e. The lowest BCUT2D eigenvalue weighted by Crippen LogP contribution is -2.36. The summed E-state index contributed by atoms with van der Waals surface area (Å²) in [6, 6.07) is 11.6. The molecule has 0 bridgehead atoms. The minimum Gasteiger partial charge on any atom is -0.484 e.